The SMILES string of the molecule is CN(C)C(=S)OCC#CCCCc1ccccc1. The molecule has 0 radical (unpaired) electrons. The van der Waals surface area contributed by atoms with Gasteiger partial charge in [0.25, 0.3) is 5.17 Å². The van der Waals surface area contributed by atoms with Crippen LogP contribution in [0.1, 0.15) is 18.4 Å². The Bertz CT molecular complexity index is 417. The molecule has 0 bridgehead atoms. The molecule has 0 spiro atoms. The minimum Gasteiger partial charge on any atom is -0.458 e. The van der Waals surface area contributed by atoms with Crippen molar-refractivity contribution in [1.82, 2.24) is 4.90 Å². The Balaban J connectivity index is 2.10. The molecule has 1 rings (SSSR count). The van der Waals surface area contributed by atoms with Crippen molar-refractivity contribution < 1.29 is 4.74 Å². The van der Waals surface area contributed by atoms with Crippen LogP contribution in [0.25, 0.3) is 0 Å². The molecule has 0 atom stereocenters. The first kappa shape index (κ1) is 14.5. The summed E-state index contributed by atoms with van der Waals surface area (Å²) < 4.78 is 5.25. The number of unbranched alkanes of at least 4 members (excludes halogenated alkanes) is 1. The summed E-state index contributed by atoms with van der Waals surface area (Å²) in [5, 5.41) is 0.480. The van der Waals surface area contributed by atoms with Crippen LogP contribution in [-0.4, -0.2) is 30.8 Å². The molecular formula is C15H19NOS. The van der Waals surface area contributed by atoms with Gasteiger partial charge in [-0.3, -0.25) is 0 Å². The van der Waals surface area contributed by atoms with Gasteiger partial charge in [-0.05, 0) is 30.6 Å². The summed E-state index contributed by atoms with van der Waals surface area (Å²) in [6, 6.07) is 10.5. The lowest BCUT2D eigenvalue weighted by atomic mass is 10.1. The van der Waals surface area contributed by atoms with Crippen molar-refractivity contribution in [2.24, 2.45) is 0 Å². The summed E-state index contributed by atoms with van der Waals surface area (Å²) in [5.41, 5.74) is 1.37. The molecule has 0 N–H and O–H groups in total. The Hall–Kier alpha value is -1.53. The van der Waals surface area contributed by atoms with E-state index in [1.807, 2.05) is 20.2 Å². The molecule has 0 heterocycles. The number of aryl methyl sites for hydroxylation is 1. The molecule has 0 saturated heterocycles. The molecular weight excluding hydrogens is 242 g/mol. The Morgan fingerprint density at radius 2 is 1.94 bits per heavy atom. The van der Waals surface area contributed by atoms with Crippen molar-refractivity contribution >= 4 is 17.4 Å². The molecule has 2 nitrogen and oxygen atoms in total. The fourth-order valence-corrected chi connectivity index (χ4v) is 1.45. The quantitative estimate of drug-likeness (QED) is 0.470. The third-order valence-corrected chi connectivity index (χ3v) is 2.85. The minimum absolute atomic E-state index is 0.377. The zero-order chi connectivity index (χ0) is 13.2. The van der Waals surface area contributed by atoms with Crippen LogP contribution in [0.4, 0.5) is 0 Å². The number of benzene rings is 1. The highest BCUT2D eigenvalue weighted by molar-refractivity contribution is 7.80. The van der Waals surface area contributed by atoms with E-state index in [-0.39, 0.29) is 0 Å². The maximum atomic E-state index is 5.25. The van der Waals surface area contributed by atoms with Gasteiger partial charge in [0.2, 0.25) is 0 Å². The molecule has 3 heteroatoms. The summed E-state index contributed by atoms with van der Waals surface area (Å²) >= 11 is 4.98. The largest absolute Gasteiger partial charge is 0.458 e. The lowest BCUT2D eigenvalue weighted by Crippen LogP contribution is -2.22. The second-order valence-corrected chi connectivity index (χ2v) is 4.49. The van der Waals surface area contributed by atoms with E-state index in [0.29, 0.717) is 11.8 Å². The second-order valence-electron chi connectivity index (χ2n) is 4.14. The monoisotopic (exact) mass is 261 g/mol. The molecule has 96 valence electrons. The maximum absolute atomic E-state index is 5.25. The Morgan fingerprint density at radius 1 is 1.22 bits per heavy atom. The molecule has 1 aromatic carbocycles. The van der Waals surface area contributed by atoms with E-state index < -0.39 is 0 Å². The van der Waals surface area contributed by atoms with Crippen molar-refractivity contribution in [2.45, 2.75) is 19.3 Å². The van der Waals surface area contributed by atoms with Gasteiger partial charge in [-0.2, -0.15) is 0 Å². The van der Waals surface area contributed by atoms with Crippen LogP contribution in [-0.2, 0) is 11.2 Å². The standard InChI is InChI=1S/C15H19NOS/c1-16(2)15(18)17-13-9-4-3-6-10-14-11-7-5-8-12-14/h5,7-8,11-12H,3,6,10,13H2,1-2H3. The fraction of sp³-hybridized carbons (Fsp3) is 0.400. The minimum atomic E-state index is 0.377. The van der Waals surface area contributed by atoms with E-state index in [1.165, 1.54) is 5.56 Å². The predicted molar refractivity (Wildman–Crippen MR) is 79.4 cm³/mol. The third kappa shape index (κ3) is 6.27. The van der Waals surface area contributed by atoms with Gasteiger partial charge < -0.3 is 9.64 Å². The first-order chi connectivity index (χ1) is 8.70. The average Bonchev–Trinajstić information content (AvgIpc) is 2.38. The highest BCUT2D eigenvalue weighted by Gasteiger charge is 1.95. The zero-order valence-corrected chi connectivity index (χ0v) is 11.8. The summed E-state index contributed by atoms with van der Waals surface area (Å²) in [6.45, 7) is 0.377. The van der Waals surface area contributed by atoms with Gasteiger partial charge in [0.15, 0.2) is 6.61 Å². The van der Waals surface area contributed by atoms with E-state index in [0.717, 1.165) is 19.3 Å². The first-order valence-corrected chi connectivity index (χ1v) is 6.44. The summed E-state index contributed by atoms with van der Waals surface area (Å²) in [7, 11) is 3.71. The lowest BCUT2D eigenvalue weighted by Gasteiger charge is -2.11. The molecule has 1 aromatic rings. The van der Waals surface area contributed by atoms with Crippen molar-refractivity contribution in [3.63, 3.8) is 0 Å². The van der Waals surface area contributed by atoms with Crippen molar-refractivity contribution in [1.29, 1.82) is 0 Å². The zero-order valence-electron chi connectivity index (χ0n) is 11.0. The van der Waals surface area contributed by atoms with Gasteiger partial charge in [0.05, 0.1) is 0 Å². The normalized spacial score (nSPS) is 9.22. The number of nitrogens with zero attached hydrogens (tertiary/aromatic N) is 1. The van der Waals surface area contributed by atoms with E-state index in [4.69, 9.17) is 17.0 Å². The van der Waals surface area contributed by atoms with Gasteiger partial charge in [0, 0.05) is 20.5 Å². The van der Waals surface area contributed by atoms with Crippen LogP contribution in [0.2, 0.25) is 0 Å². The van der Waals surface area contributed by atoms with Crippen LogP contribution < -0.4 is 0 Å². The van der Waals surface area contributed by atoms with Gasteiger partial charge in [0.1, 0.15) is 0 Å². The van der Waals surface area contributed by atoms with E-state index in [1.54, 1.807) is 4.90 Å². The van der Waals surface area contributed by atoms with Crippen molar-refractivity contribution in [3.05, 3.63) is 35.9 Å². The van der Waals surface area contributed by atoms with E-state index in [9.17, 15) is 0 Å². The molecule has 18 heavy (non-hydrogen) atoms. The second kappa shape index (κ2) is 8.54. The molecule has 0 fully saturated rings. The maximum Gasteiger partial charge on any atom is 0.259 e. The van der Waals surface area contributed by atoms with Gasteiger partial charge >= 0.3 is 0 Å². The molecule has 0 aliphatic heterocycles. The molecule has 0 aromatic heterocycles. The Labute approximate surface area is 115 Å². The number of hydrogen-bond donors (Lipinski definition) is 0. The average molecular weight is 261 g/mol. The number of rotatable bonds is 4. The van der Waals surface area contributed by atoms with E-state index in [2.05, 4.69) is 36.1 Å². The number of ether oxygens (including phenoxy) is 1. The lowest BCUT2D eigenvalue weighted by molar-refractivity contribution is 0.311. The molecule has 0 amide bonds. The molecule has 0 saturated carbocycles. The smallest absolute Gasteiger partial charge is 0.259 e. The summed E-state index contributed by atoms with van der Waals surface area (Å²) in [4.78, 5) is 1.76. The van der Waals surface area contributed by atoms with Gasteiger partial charge in [-0.25, -0.2) is 0 Å². The van der Waals surface area contributed by atoms with Crippen LogP contribution in [0.3, 0.4) is 0 Å². The number of hydrogen-bond acceptors (Lipinski definition) is 2. The fourth-order valence-electron chi connectivity index (χ4n) is 1.39. The third-order valence-electron chi connectivity index (χ3n) is 2.37. The van der Waals surface area contributed by atoms with Gasteiger partial charge in [-0.15, -0.1) is 0 Å². The highest BCUT2D eigenvalue weighted by Crippen LogP contribution is 2.03. The van der Waals surface area contributed by atoms with Crippen LogP contribution in [0, 0.1) is 11.8 Å². The van der Waals surface area contributed by atoms with Gasteiger partial charge in [-0.1, -0.05) is 42.2 Å². The highest BCUT2D eigenvalue weighted by atomic mass is 32.1. The topological polar surface area (TPSA) is 12.5 Å². The van der Waals surface area contributed by atoms with Crippen molar-refractivity contribution in [3.8, 4) is 11.8 Å². The first-order valence-electron chi connectivity index (χ1n) is 6.04. The van der Waals surface area contributed by atoms with E-state index >= 15 is 0 Å². The van der Waals surface area contributed by atoms with Crippen LogP contribution in [0.5, 0.6) is 0 Å². The van der Waals surface area contributed by atoms with Crippen LogP contribution in [0.15, 0.2) is 30.3 Å². The number of thiocarbonyl (C=S) groups is 1. The Kier molecular flexibility index (Phi) is 6.90. The molecule has 0 unspecified atom stereocenters. The predicted octanol–water partition coefficient (Wildman–Crippen LogP) is 2.88. The summed E-state index contributed by atoms with van der Waals surface area (Å²) in [5.74, 6) is 6.07. The van der Waals surface area contributed by atoms with Crippen LogP contribution >= 0.6 is 12.2 Å². The summed E-state index contributed by atoms with van der Waals surface area (Å²) in [6.07, 6.45) is 3.05. The van der Waals surface area contributed by atoms with Crippen molar-refractivity contribution in [2.75, 3.05) is 20.7 Å². The Morgan fingerprint density at radius 3 is 2.61 bits per heavy atom. The molecule has 0 aliphatic rings. The molecule has 0 aliphatic carbocycles.